The van der Waals surface area contributed by atoms with Crippen molar-refractivity contribution in [3.8, 4) is 17.2 Å². The van der Waals surface area contributed by atoms with E-state index in [0.717, 1.165) is 0 Å². The summed E-state index contributed by atoms with van der Waals surface area (Å²) in [6, 6.07) is 8.92. The van der Waals surface area contributed by atoms with E-state index in [4.69, 9.17) is 18.9 Å². The molecule has 0 aliphatic rings. The number of rotatable bonds is 8. The summed E-state index contributed by atoms with van der Waals surface area (Å²) < 4.78 is 25.2. The minimum Gasteiger partial charge on any atom is -0.493 e. The molecule has 0 aromatic heterocycles. The van der Waals surface area contributed by atoms with E-state index in [9.17, 15) is 14.4 Å². The lowest BCUT2D eigenvalue weighted by atomic mass is 10.2. The fourth-order valence-electron chi connectivity index (χ4n) is 2.42. The first-order valence-electron chi connectivity index (χ1n) is 8.38. The van der Waals surface area contributed by atoms with Gasteiger partial charge in [0.2, 0.25) is 5.75 Å². The van der Waals surface area contributed by atoms with Gasteiger partial charge in [-0.15, -0.1) is 0 Å². The Balaban J connectivity index is 1.99. The maximum atomic E-state index is 12.3. The predicted octanol–water partition coefficient (Wildman–Crippen LogP) is 2.29. The zero-order valence-electron chi connectivity index (χ0n) is 16.4. The van der Waals surface area contributed by atoms with Gasteiger partial charge in [-0.2, -0.15) is 0 Å². The first-order valence-corrected chi connectivity index (χ1v) is 8.38. The van der Waals surface area contributed by atoms with Crippen molar-refractivity contribution in [2.75, 3.05) is 40.4 Å². The largest absolute Gasteiger partial charge is 0.493 e. The second kappa shape index (κ2) is 9.98. The summed E-state index contributed by atoms with van der Waals surface area (Å²) in [5.41, 5.74) is 0.917. The van der Waals surface area contributed by atoms with Crippen LogP contribution in [0.15, 0.2) is 36.4 Å². The lowest BCUT2D eigenvalue weighted by Gasteiger charge is -2.13. The number of carbonyl (C=O) groups excluding carboxylic acids is 3. The maximum Gasteiger partial charge on any atom is 0.338 e. The van der Waals surface area contributed by atoms with Crippen molar-refractivity contribution in [3.63, 3.8) is 0 Å². The van der Waals surface area contributed by atoms with Crippen LogP contribution in [0.4, 0.5) is 5.69 Å². The molecule has 0 radical (unpaired) electrons. The molecule has 9 nitrogen and oxygen atoms in total. The minimum absolute atomic E-state index is 0.134. The van der Waals surface area contributed by atoms with E-state index < -0.39 is 24.5 Å². The van der Waals surface area contributed by atoms with E-state index in [1.807, 2.05) is 0 Å². The van der Waals surface area contributed by atoms with Crippen LogP contribution in [0.25, 0.3) is 0 Å². The highest BCUT2D eigenvalue weighted by Gasteiger charge is 2.18. The lowest BCUT2D eigenvalue weighted by molar-refractivity contribution is -0.119. The van der Waals surface area contributed by atoms with Gasteiger partial charge < -0.3 is 29.0 Å². The standard InChI is InChI=1S/C20H21NO8/c1-25-15-9-13(10-16(26-2)18(15)27-3)20(24)29-11-17(22)21-14-7-5-12(6-8-14)19(23)28-4/h5-10H,11H2,1-4H3,(H,21,22). The predicted molar refractivity (Wildman–Crippen MR) is 103 cm³/mol. The number of amides is 1. The average molecular weight is 403 g/mol. The third-order valence-electron chi connectivity index (χ3n) is 3.82. The first-order chi connectivity index (χ1) is 13.9. The normalized spacial score (nSPS) is 9.93. The molecule has 0 bridgehead atoms. The molecule has 0 heterocycles. The highest BCUT2D eigenvalue weighted by Crippen LogP contribution is 2.38. The Morgan fingerprint density at radius 2 is 1.38 bits per heavy atom. The molecule has 0 saturated heterocycles. The van der Waals surface area contributed by atoms with Crippen LogP contribution in [0.3, 0.4) is 0 Å². The maximum absolute atomic E-state index is 12.3. The molecule has 2 aromatic rings. The second-order valence-electron chi connectivity index (χ2n) is 5.61. The topological polar surface area (TPSA) is 109 Å². The number of esters is 2. The molecular weight excluding hydrogens is 382 g/mol. The zero-order chi connectivity index (χ0) is 21.4. The second-order valence-corrected chi connectivity index (χ2v) is 5.61. The summed E-state index contributed by atoms with van der Waals surface area (Å²) in [4.78, 5) is 35.7. The van der Waals surface area contributed by atoms with Crippen molar-refractivity contribution in [1.82, 2.24) is 0 Å². The molecule has 0 atom stereocenters. The molecule has 154 valence electrons. The van der Waals surface area contributed by atoms with Crippen LogP contribution < -0.4 is 19.5 Å². The average Bonchev–Trinajstić information content (AvgIpc) is 2.76. The smallest absolute Gasteiger partial charge is 0.338 e. The molecule has 0 fully saturated rings. The number of methoxy groups -OCH3 is 4. The molecule has 0 aliphatic carbocycles. The molecule has 9 heteroatoms. The molecule has 1 amide bonds. The fraction of sp³-hybridized carbons (Fsp3) is 0.250. The van der Waals surface area contributed by atoms with Crippen molar-refractivity contribution >= 4 is 23.5 Å². The van der Waals surface area contributed by atoms with E-state index in [-0.39, 0.29) is 17.1 Å². The lowest BCUT2D eigenvalue weighted by Crippen LogP contribution is -2.21. The Morgan fingerprint density at radius 1 is 0.793 bits per heavy atom. The fourth-order valence-corrected chi connectivity index (χ4v) is 2.42. The summed E-state index contributed by atoms with van der Waals surface area (Å²) in [7, 11) is 5.57. The van der Waals surface area contributed by atoms with Gasteiger partial charge in [0.05, 0.1) is 39.6 Å². The number of hydrogen-bond acceptors (Lipinski definition) is 8. The van der Waals surface area contributed by atoms with Crippen LogP contribution >= 0.6 is 0 Å². The van der Waals surface area contributed by atoms with Crippen molar-refractivity contribution in [1.29, 1.82) is 0 Å². The molecule has 2 rings (SSSR count). The summed E-state index contributed by atoms with van der Waals surface area (Å²) in [6.07, 6.45) is 0. The molecule has 2 aromatic carbocycles. The SMILES string of the molecule is COC(=O)c1ccc(NC(=O)COC(=O)c2cc(OC)c(OC)c(OC)c2)cc1. The van der Waals surface area contributed by atoms with Crippen LogP contribution in [-0.4, -0.2) is 52.9 Å². The number of ether oxygens (including phenoxy) is 5. The van der Waals surface area contributed by atoms with Crippen LogP contribution in [0, 0.1) is 0 Å². The Hall–Kier alpha value is -3.75. The molecule has 0 saturated carbocycles. The van der Waals surface area contributed by atoms with E-state index in [0.29, 0.717) is 17.0 Å². The van der Waals surface area contributed by atoms with Crippen LogP contribution in [0.2, 0.25) is 0 Å². The molecular formula is C20H21NO8. The van der Waals surface area contributed by atoms with Crippen molar-refractivity contribution in [2.24, 2.45) is 0 Å². The third-order valence-corrected chi connectivity index (χ3v) is 3.82. The van der Waals surface area contributed by atoms with Gasteiger partial charge >= 0.3 is 11.9 Å². The molecule has 0 aliphatic heterocycles. The van der Waals surface area contributed by atoms with Gasteiger partial charge in [0.1, 0.15) is 0 Å². The van der Waals surface area contributed by atoms with Crippen molar-refractivity contribution in [3.05, 3.63) is 47.5 Å². The van der Waals surface area contributed by atoms with Gasteiger partial charge in [-0.1, -0.05) is 0 Å². The highest BCUT2D eigenvalue weighted by molar-refractivity contribution is 5.96. The summed E-state index contributed by atoms with van der Waals surface area (Å²) in [6.45, 7) is -0.506. The Bertz CT molecular complexity index is 867. The van der Waals surface area contributed by atoms with Crippen LogP contribution in [0.1, 0.15) is 20.7 Å². The number of nitrogens with one attached hydrogen (secondary N) is 1. The number of hydrogen-bond donors (Lipinski definition) is 1. The van der Waals surface area contributed by atoms with Crippen molar-refractivity contribution in [2.45, 2.75) is 0 Å². The monoisotopic (exact) mass is 403 g/mol. The number of carbonyl (C=O) groups is 3. The number of anilines is 1. The van der Waals surface area contributed by atoms with Gasteiger partial charge in [0.15, 0.2) is 18.1 Å². The van der Waals surface area contributed by atoms with E-state index in [2.05, 4.69) is 10.1 Å². The molecule has 1 N–H and O–H groups in total. The van der Waals surface area contributed by atoms with E-state index >= 15 is 0 Å². The number of benzene rings is 2. The van der Waals surface area contributed by atoms with Gasteiger partial charge in [0, 0.05) is 5.69 Å². The van der Waals surface area contributed by atoms with E-state index in [1.165, 1.54) is 64.8 Å². The molecule has 0 unspecified atom stereocenters. The molecule has 29 heavy (non-hydrogen) atoms. The van der Waals surface area contributed by atoms with Crippen LogP contribution in [0.5, 0.6) is 17.2 Å². The molecule has 0 spiro atoms. The Kier molecular flexibility index (Phi) is 7.41. The van der Waals surface area contributed by atoms with Gasteiger partial charge in [-0.05, 0) is 36.4 Å². The Morgan fingerprint density at radius 3 is 1.86 bits per heavy atom. The van der Waals surface area contributed by atoms with Crippen LogP contribution in [-0.2, 0) is 14.3 Å². The van der Waals surface area contributed by atoms with Gasteiger partial charge in [0.25, 0.3) is 5.91 Å². The first kappa shape index (κ1) is 21.5. The summed E-state index contributed by atoms with van der Waals surface area (Å²) in [5.74, 6) is -0.859. The van der Waals surface area contributed by atoms with E-state index in [1.54, 1.807) is 0 Å². The third kappa shape index (κ3) is 5.38. The quantitative estimate of drug-likeness (QED) is 0.669. The van der Waals surface area contributed by atoms with Gasteiger partial charge in [-0.3, -0.25) is 4.79 Å². The minimum atomic E-state index is -0.736. The Labute approximate surface area is 167 Å². The highest BCUT2D eigenvalue weighted by atomic mass is 16.5. The summed E-state index contributed by atoms with van der Waals surface area (Å²) in [5, 5.41) is 2.56. The zero-order valence-corrected chi connectivity index (χ0v) is 16.4. The van der Waals surface area contributed by atoms with Gasteiger partial charge in [-0.25, -0.2) is 9.59 Å². The van der Waals surface area contributed by atoms with Crippen molar-refractivity contribution < 1.29 is 38.1 Å². The summed E-state index contributed by atoms with van der Waals surface area (Å²) >= 11 is 0.